The first-order chi connectivity index (χ1) is 6.45. The van der Waals surface area contributed by atoms with Crippen LogP contribution >= 0.6 is 0 Å². The lowest BCUT2D eigenvalue weighted by Gasteiger charge is -2.27. The molecule has 82 valence electrons. The van der Waals surface area contributed by atoms with Gasteiger partial charge >= 0.3 is 0 Å². The molecule has 0 aliphatic rings. The zero-order valence-electron chi connectivity index (χ0n) is 8.84. The second kappa shape index (κ2) is 5.56. The van der Waals surface area contributed by atoms with Crippen LogP contribution in [0.1, 0.15) is 27.7 Å². The van der Waals surface area contributed by atoms with Gasteiger partial charge in [0.1, 0.15) is 0 Å². The fourth-order valence-electron chi connectivity index (χ4n) is 0.885. The third-order valence-electron chi connectivity index (χ3n) is 2.32. The first-order valence-electron chi connectivity index (χ1n) is 4.30. The van der Waals surface area contributed by atoms with Gasteiger partial charge in [0.15, 0.2) is 0 Å². The van der Waals surface area contributed by atoms with Crippen LogP contribution in [0, 0.1) is 0 Å². The van der Waals surface area contributed by atoms with Gasteiger partial charge in [0, 0.05) is 0 Å². The van der Waals surface area contributed by atoms with Crippen molar-refractivity contribution in [3.63, 3.8) is 0 Å². The monoisotopic (exact) mass is 203 g/mol. The molecule has 0 unspecified atom stereocenters. The van der Waals surface area contributed by atoms with Gasteiger partial charge in [0.25, 0.3) is 0 Å². The zero-order valence-corrected chi connectivity index (χ0v) is 8.84. The van der Waals surface area contributed by atoms with Crippen molar-refractivity contribution in [2.24, 2.45) is 10.3 Å². The topological polar surface area (TPSA) is 88.7 Å². The summed E-state index contributed by atoms with van der Waals surface area (Å²) in [6, 6.07) is -0.876. The van der Waals surface area contributed by atoms with Gasteiger partial charge in [-0.05, 0) is 27.7 Å². The maximum atomic E-state index is 9.64. The molecule has 0 saturated carbocycles. The highest BCUT2D eigenvalue weighted by Crippen LogP contribution is 2.05. The minimum atomic E-state index is -0.438. The molecule has 0 aliphatic carbocycles. The van der Waals surface area contributed by atoms with Crippen molar-refractivity contribution >= 4 is 11.4 Å². The van der Waals surface area contributed by atoms with Crippen molar-refractivity contribution in [1.82, 2.24) is 5.06 Å². The van der Waals surface area contributed by atoms with Crippen LogP contribution in [-0.2, 0) is 0 Å². The van der Waals surface area contributed by atoms with E-state index in [-0.39, 0.29) is 0 Å². The smallest absolute Gasteiger partial charge is 0.0741 e. The minimum Gasteiger partial charge on any atom is -0.411 e. The molecule has 0 saturated heterocycles. The molecule has 0 bridgehead atoms. The molecule has 0 spiro atoms. The molecule has 14 heavy (non-hydrogen) atoms. The maximum Gasteiger partial charge on any atom is 0.0741 e. The van der Waals surface area contributed by atoms with Crippen molar-refractivity contribution in [1.29, 1.82) is 0 Å². The van der Waals surface area contributed by atoms with E-state index in [1.165, 1.54) is 0 Å². The SMILES string of the molecule is C/C(=N/O)[C@@H](C)N(O)[C@H](C)/C(C)=N\O. The Hall–Kier alpha value is -1.14. The van der Waals surface area contributed by atoms with Crippen LogP contribution in [0.25, 0.3) is 0 Å². The summed E-state index contributed by atoms with van der Waals surface area (Å²) in [5, 5.41) is 33.6. The lowest BCUT2D eigenvalue weighted by molar-refractivity contribution is -0.116. The predicted octanol–water partition coefficient (Wildman–Crippen LogP) is 1.15. The number of hydrogen-bond acceptors (Lipinski definition) is 6. The van der Waals surface area contributed by atoms with Gasteiger partial charge in [-0.1, -0.05) is 10.3 Å². The number of hydroxylamine groups is 2. The van der Waals surface area contributed by atoms with Gasteiger partial charge in [0.2, 0.25) is 0 Å². The summed E-state index contributed by atoms with van der Waals surface area (Å²) in [7, 11) is 0. The molecule has 0 aliphatic heterocycles. The molecule has 6 nitrogen and oxygen atoms in total. The van der Waals surface area contributed by atoms with E-state index in [2.05, 4.69) is 10.3 Å². The van der Waals surface area contributed by atoms with E-state index in [0.29, 0.717) is 11.4 Å². The second-order valence-electron chi connectivity index (χ2n) is 3.21. The number of oxime groups is 2. The summed E-state index contributed by atoms with van der Waals surface area (Å²) in [6.45, 7) is 6.53. The van der Waals surface area contributed by atoms with Crippen molar-refractivity contribution in [2.45, 2.75) is 39.8 Å². The second-order valence-corrected chi connectivity index (χ2v) is 3.21. The lowest BCUT2D eigenvalue weighted by atomic mass is 10.1. The molecule has 0 fully saturated rings. The van der Waals surface area contributed by atoms with Crippen LogP contribution in [-0.4, -0.2) is 44.2 Å². The van der Waals surface area contributed by atoms with E-state index >= 15 is 0 Å². The first kappa shape index (κ1) is 12.9. The van der Waals surface area contributed by atoms with Crippen LogP contribution in [0.2, 0.25) is 0 Å². The molecule has 0 aromatic heterocycles. The Morgan fingerprint density at radius 1 is 1.00 bits per heavy atom. The molecule has 0 heterocycles. The summed E-state index contributed by atoms with van der Waals surface area (Å²) < 4.78 is 0. The zero-order chi connectivity index (χ0) is 11.3. The van der Waals surface area contributed by atoms with E-state index in [1.807, 2.05) is 0 Å². The Morgan fingerprint density at radius 2 is 1.29 bits per heavy atom. The van der Waals surface area contributed by atoms with E-state index in [4.69, 9.17) is 10.4 Å². The Balaban J connectivity index is 4.54. The molecule has 0 aromatic rings. The molecule has 2 atom stereocenters. The van der Waals surface area contributed by atoms with Gasteiger partial charge in [-0.2, -0.15) is 5.06 Å². The van der Waals surface area contributed by atoms with Crippen LogP contribution < -0.4 is 0 Å². The van der Waals surface area contributed by atoms with Crippen molar-refractivity contribution in [3.05, 3.63) is 0 Å². The van der Waals surface area contributed by atoms with Gasteiger partial charge in [-0.3, -0.25) is 0 Å². The van der Waals surface area contributed by atoms with Gasteiger partial charge in [-0.25, -0.2) is 0 Å². The average molecular weight is 203 g/mol. The van der Waals surface area contributed by atoms with Crippen molar-refractivity contribution < 1.29 is 15.6 Å². The van der Waals surface area contributed by atoms with E-state index in [9.17, 15) is 5.21 Å². The average Bonchev–Trinajstić information content (AvgIpc) is 2.23. The van der Waals surface area contributed by atoms with Gasteiger partial charge < -0.3 is 15.6 Å². The Bertz CT molecular complexity index is 216. The molecule has 3 N–H and O–H groups in total. The summed E-state index contributed by atoms with van der Waals surface area (Å²) in [4.78, 5) is 0. The normalized spacial score (nSPS) is 18.4. The van der Waals surface area contributed by atoms with E-state index in [0.717, 1.165) is 5.06 Å². The molecule has 6 heteroatoms. The van der Waals surface area contributed by atoms with Crippen LogP contribution in [0.15, 0.2) is 10.3 Å². The fraction of sp³-hybridized carbons (Fsp3) is 0.750. The third kappa shape index (κ3) is 2.97. The largest absolute Gasteiger partial charge is 0.411 e. The molecule has 0 aromatic carbocycles. The molecule has 0 radical (unpaired) electrons. The summed E-state index contributed by atoms with van der Waals surface area (Å²) in [5.41, 5.74) is 0.759. The first-order valence-corrected chi connectivity index (χ1v) is 4.30. The summed E-state index contributed by atoms with van der Waals surface area (Å²) in [5.74, 6) is 0. The molecule has 0 amide bonds. The van der Waals surface area contributed by atoms with Crippen LogP contribution in [0.4, 0.5) is 0 Å². The number of nitrogens with zero attached hydrogens (tertiary/aromatic N) is 3. The van der Waals surface area contributed by atoms with Crippen molar-refractivity contribution in [3.8, 4) is 0 Å². The maximum absolute atomic E-state index is 9.64. The minimum absolute atomic E-state index is 0.380. The van der Waals surface area contributed by atoms with Gasteiger partial charge in [-0.15, -0.1) is 0 Å². The predicted molar refractivity (Wildman–Crippen MR) is 52.3 cm³/mol. The van der Waals surface area contributed by atoms with Crippen LogP contribution in [0.3, 0.4) is 0 Å². The lowest BCUT2D eigenvalue weighted by Crippen LogP contribution is -2.44. The Kier molecular flexibility index (Phi) is 5.11. The highest BCUT2D eigenvalue weighted by atomic mass is 16.5. The van der Waals surface area contributed by atoms with Gasteiger partial charge in [0.05, 0.1) is 23.5 Å². The van der Waals surface area contributed by atoms with E-state index in [1.54, 1.807) is 27.7 Å². The van der Waals surface area contributed by atoms with Crippen molar-refractivity contribution in [2.75, 3.05) is 0 Å². The molecular weight excluding hydrogens is 186 g/mol. The molecular formula is C8H17N3O3. The summed E-state index contributed by atoms with van der Waals surface area (Å²) in [6.07, 6.45) is 0. The number of hydrogen-bond donors (Lipinski definition) is 3. The Morgan fingerprint density at radius 3 is 1.50 bits per heavy atom. The fourth-order valence-corrected chi connectivity index (χ4v) is 0.885. The number of rotatable bonds is 4. The quantitative estimate of drug-likeness (QED) is 0.363. The highest BCUT2D eigenvalue weighted by Gasteiger charge is 2.22. The Labute approximate surface area is 83.1 Å². The highest BCUT2D eigenvalue weighted by molar-refractivity contribution is 5.89. The third-order valence-corrected chi connectivity index (χ3v) is 2.32. The molecule has 0 rings (SSSR count). The van der Waals surface area contributed by atoms with E-state index < -0.39 is 12.1 Å². The summed E-state index contributed by atoms with van der Waals surface area (Å²) >= 11 is 0. The standard InChI is InChI=1S/C8H17N3O3/c1-5(9-12)7(3)11(14)8(4)6(2)10-13/h7-8,12-14H,1-4H3/b9-5-,10-6-/t7-,8-/m1/s1. The van der Waals surface area contributed by atoms with Crippen LogP contribution in [0.5, 0.6) is 0 Å².